The lowest BCUT2D eigenvalue weighted by atomic mass is 9.88. The molecular formula is C16H18BrN2O2-. The first-order valence-corrected chi connectivity index (χ1v) is 8.49. The summed E-state index contributed by atoms with van der Waals surface area (Å²) in [5.41, 5.74) is 4.15. The van der Waals surface area contributed by atoms with Crippen LogP contribution >= 0.6 is 15.9 Å². The van der Waals surface area contributed by atoms with Gasteiger partial charge in [0.1, 0.15) is 6.09 Å². The number of aryl methyl sites for hydroxylation is 1. The molecule has 2 atom stereocenters. The van der Waals surface area contributed by atoms with Gasteiger partial charge in [0, 0.05) is 41.8 Å². The van der Waals surface area contributed by atoms with Crippen LogP contribution in [-0.4, -0.2) is 36.7 Å². The fourth-order valence-electron chi connectivity index (χ4n) is 4.33. The minimum atomic E-state index is -1.03. The van der Waals surface area contributed by atoms with Crippen LogP contribution in [0.1, 0.15) is 36.3 Å². The lowest BCUT2D eigenvalue weighted by Crippen LogP contribution is -2.51. The number of hydrogen-bond acceptors (Lipinski definition) is 3. The fourth-order valence-corrected chi connectivity index (χ4v) is 4.85. The third kappa shape index (κ3) is 2.05. The van der Waals surface area contributed by atoms with Crippen molar-refractivity contribution < 1.29 is 9.90 Å². The summed E-state index contributed by atoms with van der Waals surface area (Å²) in [7, 11) is 0. The molecule has 0 bridgehead atoms. The molecule has 3 heterocycles. The Balaban J connectivity index is 1.80. The van der Waals surface area contributed by atoms with Crippen molar-refractivity contribution in [2.75, 3.05) is 24.5 Å². The van der Waals surface area contributed by atoms with E-state index in [4.69, 9.17) is 0 Å². The zero-order chi connectivity index (χ0) is 14.6. The van der Waals surface area contributed by atoms with Crippen molar-refractivity contribution in [2.45, 2.75) is 37.6 Å². The first kappa shape index (κ1) is 13.4. The Morgan fingerprint density at radius 1 is 1.29 bits per heavy atom. The molecule has 0 saturated carbocycles. The van der Waals surface area contributed by atoms with Gasteiger partial charge < -0.3 is 19.7 Å². The average Bonchev–Trinajstić information content (AvgIpc) is 2.62. The maximum atomic E-state index is 11.2. The Labute approximate surface area is 132 Å². The van der Waals surface area contributed by atoms with Gasteiger partial charge in [-0.3, -0.25) is 0 Å². The number of hydrogen-bond donors (Lipinski definition) is 0. The van der Waals surface area contributed by atoms with E-state index in [0.717, 1.165) is 23.9 Å². The molecule has 0 aromatic heterocycles. The van der Waals surface area contributed by atoms with Crippen LogP contribution in [0.2, 0.25) is 0 Å². The number of carbonyl (C=O) groups excluding carboxylic acids is 1. The number of carbonyl (C=O) groups is 1. The molecule has 0 aliphatic carbocycles. The summed E-state index contributed by atoms with van der Waals surface area (Å²) in [4.78, 5) is 15.2. The number of likely N-dealkylation sites (tertiary alicyclic amines) is 1. The number of rotatable bonds is 0. The molecule has 1 saturated heterocycles. The lowest BCUT2D eigenvalue weighted by Gasteiger charge is -2.40. The first-order valence-electron chi connectivity index (χ1n) is 7.70. The Kier molecular flexibility index (Phi) is 3.14. The maximum Gasteiger partial charge on any atom is 0.136 e. The van der Waals surface area contributed by atoms with Crippen LogP contribution in [0.5, 0.6) is 0 Å². The second-order valence-corrected chi connectivity index (χ2v) is 7.24. The Bertz CT molecular complexity index is 604. The van der Waals surface area contributed by atoms with Gasteiger partial charge in [-0.2, -0.15) is 0 Å². The number of carboxylic acid groups (broad SMARTS) is 1. The van der Waals surface area contributed by atoms with Gasteiger partial charge in [0.2, 0.25) is 0 Å². The molecule has 112 valence electrons. The van der Waals surface area contributed by atoms with Crippen LogP contribution in [-0.2, 0) is 6.42 Å². The molecule has 0 spiro atoms. The number of halogens is 1. The third-order valence-electron chi connectivity index (χ3n) is 5.20. The summed E-state index contributed by atoms with van der Waals surface area (Å²) in [5.74, 6) is 0.293. The van der Waals surface area contributed by atoms with Gasteiger partial charge in [0.05, 0.1) is 0 Å². The molecule has 1 aromatic carbocycles. The molecular weight excluding hydrogens is 332 g/mol. The van der Waals surface area contributed by atoms with Crippen molar-refractivity contribution in [1.29, 1.82) is 0 Å². The molecule has 1 aromatic rings. The predicted octanol–water partition coefficient (Wildman–Crippen LogP) is 2.11. The molecule has 4 rings (SSSR count). The number of nitrogens with zero attached hydrogens (tertiary/aromatic N) is 2. The van der Waals surface area contributed by atoms with Crippen molar-refractivity contribution in [3.05, 3.63) is 27.7 Å². The normalized spacial score (nSPS) is 27.1. The SMILES string of the molecule is O=C([O-])N1CCC2C(C1)c1cc(Br)cc3c1N2CCCC3. The van der Waals surface area contributed by atoms with Crippen molar-refractivity contribution >= 4 is 27.7 Å². The van der Waals surface area contributed by atoms with Crippen LogP contribution in [0.3, 0.4) is 0 Å². The number of benzene rings is 1. The zero-order valence-corrected chi connectivity index (χ0v) is 13.4. The van der Waals surface area contributed by atoms with E-state index < -0.39 is 6.09 Å². The second-order valence-electron chi connectivity index (χ2n) is 6.33. The minimum Gasteiger partial charge on any atom is -0.530 e. The molecule has 1 fully saturated rings. The molecule has 0 N–H and O–H groups in total. The molecule has 21 heavy (non-hydrogen) atoms. The average molecular weight is 350 g/mol. The van der Waals surface area contributed by atoms with E-state index in [9.17, 15) is 9.90 Å². The summed E-state index contributed by atoms with van der Waals surface area (Å²) in [6.45, 7) is 2.28. The smallest absolute Gasteiger partial charge is 0.136 e. The van der Waals surface area contributed by atoms with Crippen LogP contribution in [0, 0.1) is 0 Å². The standard InChI is InChI=1S/C16H19BrN2O2/c17-11-7-10-3-1-2-5-19-14-4-6-18(16(20)21)9-13(14)12(8-11)15(10)19/h7-8,13-14H,1-6,9H2,(H,20,21)/p-1. The van der Waals surface area contributed by atoms with Crippen LogP contribution in [0.4, 0.5) is 10.5 Å². The third-order valence-corrected chi connectivity index (χ3v) is 5.66. The van der Waals surface area contributed by atoms with E-state index in [2.05, 4.69) is 33.0 Å². The van der Waals surface area contributed by atoms with Gasteiger partial charge in [-0.15, -0.1) is 0 Å². The highest BCUT2D eigenvalue weighted by atomic mass is 79.9. The van der Waals surface area contributed by atoms with E-state index in [1.807, 2.05) is 0 Å². The highest BCUT2D eigenvalue weighted by molar-refractivity contribution is 9.10. The minimum absolute atomic E-state index is 0.293. The number of anilines is 1. The zero-order valence-electron chi connectivity index (χ0n) is 11.8. The summed E-state index contributed by atoms with van der Waals surface area (Å²) in [5, 5.41) is 11.2. The van der Waals surface area contributed by atoms with Gasteiger partial charge in [-0.1, -0.05) is 15.9 Å². The second kappa shape index (κ2) is 4.90. The van der Waals surface area contributed by atoms with Gasteiger partial charge in [0.25, 0.3) is 0 Å². The first-order chi connectivity index (χ1) is 10.1. The maximum absolute atomic E-state index is 11.2. The number of amides is 1. The molecule has 2 unspecified atom stereocenters. The highest BCUT2D eigenvalue weighted by Crippen LogP contribution is 2.48. The summed E-state index contributed by atoms with van der Waals surface area (Å²) in [6.07, 6.45) is 3.46. The molecule has 3 aliphatic rings. The van der Waals surface area contributed by atoms with E-state index in [0.29, 0.717) is 25.0 Å². The highest BCUT2D eigenvalue weighted by Gasteiger charge is 2.43. The van der Waals surface area contributed by atoms with Crippen molar-refractivity contribution in [3.8, 4) is 0 Å². The number of piperidine rings is 1. The van der Waals surface area contributed by atoms with E-state index in [1.165, 1.54) is 34.6 Å². The van der Waals surface area contributed by atoms with Gasteiger partial charge >= 0.3 is 0 Å². The molecule has 4 nitrogen and oxygen atoms in total. The van der Waals surface area contributed by atoms with Crippen molar-refractivity contribution in [3.63, 3.8) is 0 Å². The lowest BCUT2D eigenvalue weighted by molar-refractivity contribution is -0.266. The van der Waals surface area contributed by atoms with E-state index in [-0.39, 0.29) is 0 Å². The summed E-state index contributed by atoms with van der Waals surface area (Å²) in [6, 6.07) is 4.90. The van der Waals surface area contributed by atoms with Gasteiger partial charge in [0.15, 0.2) is 0 Å². The molecule has 3 aliphatic heterocycles. The Morgan fingerprint density at radius 2 is 2.14 bits per heavy atom. The topological polar surface area (TPSA) is 46.6 Å². The van der Waals surface area contributed by atoms with E-state index in [1.54, 1.807) is 0 Å². The summed E-state index contributed by atoms with van der Waals surface area (Å²) < 4.78 is 1.12. The molecule has 0 radical (unpaired) electrons. The quantitative estimate of drug-likeness (QED) is 0.720. The van der Waals surface area contributed by atoms with Crippen LogP contribution in [0.15, 0.2) is 16.6 Å². The van der Waals surface area contributed by atoms with Crippen LogP contribution < -0.4 is 10.0 Å². The Hall–Kier alpha value is -1.23. The monoisotopic (exact) mass is 349 g/mol. The predicted molar refractivity (Wildman–Crippen MR) is 82.5 cm³/mol. The number of fused-ring (bicyclic) bond motifs is 3. The van der Waals surface area contributed by atoms with Gasteiger partial charge in [-0.05, 0) is 48.9 Å². The Morgan fingerprint density at radius 3 is 2.95 bits per heavy atom. The van der Waals surface area contributed by atoms with E-state index >= 15 is 0 Å². The van der Waals surface area contributed by atoms with Crippen molar-refractivity contribution in [1.82, 2.24) is 4.90 Å². The fraction of sp³-hybridized carbons (Fsp3) is 0.562. The summed E-state index contributed by atoms with van der Waals surface area (Å²) >= 11 is 3.63. The van der Waals surface area contributed by atoms with Gasteiger partial charge in [-0.25, -0.2) is 0 Å². The van der Waals surface area contributed by atoms with Crippen molar-refractivity contribution in [2.24, 2.45) is 0 Å². The molecule has 5 heteroatoms. The molecule has 1 amide bonds. The van der Waals surface area contributed by atoms with Crippen LogP contribution in [0.25, 0.3) is 0 Å². The largest absolute Gasteiger partial charge is 0.530 e.